The largest absolute Gasteiger partial charge is 0.515 e. The van der Waals surface area contributed by atoms with Gasteiger partial charge in [0, 0.05) is 24.8 Å². The number of hydroxylamine groups is 2. The standard InChI is InChI=1S/C25H47N7O10/c1-29-18-13(11-34)12-39-24(19(18)35)42-22-17(31-25(37)32(38)7-5-26)9-16(28)21(20(22)36)41-23-15(27)4-3-14(40-23)10-30-6-2-8-33/h3,11,15-24,29-30,33-36,38H,2,4-10,12,26-28H2,1H3,(H,31,37)/b13-11-/t15-,16+,17-,18+,19-,20+,21?,22+,23-,24-/m1/s1. The van der Waals surface area contributed by atoms with Gasteiger partial charge in [0.15, 0.2) is 6.29 Å². The van der Waals surface area contributed by atoms with Crippen molar-refractivity contribution in [1.82, 2.24) is 21.0 Å². The molecule has 2 amide bonds. The van der Waals surface area contributed by atoms with Crippen LogP contribution in [0.1, 0.15) is 19.3 Å². The van der Waals surface area contributed by atoms with Gasteiger partial charge in [0.1, 0.15) is 30.2 Å². The molecule has 14 N–H and O–H groups in total. The van der Waals surface area contributed by atoms with Gasteiger partial charge in [0.25, 0.3) is 0 Å². The van der Waals surface area contributed by atoms with Crippen LogP contribution in [-0.2, 0) is 18.9 Å². The first kappa shape index (κ1) is 34.4. The number of urea groups is 1. The van der Waals surface area contributed by atoms with Crippen LogP contribution in [0.4, 0.5) is 4.79 Å². The van der Waals surface area contributed by atoms with Crippen molar-refractivity contribution in [1.29, 1.82) is 0 Å². The number of ether oxygens (including phenoxy) is 4. The SMILES string of the molecule is CN[C@H]1/C(=C\O)CO[C@H](O[C@H]2[C@H](NC(=O)N(O)CCN)C[C@H](N)C(O[C@H]3OC(CNCCCO)=CC[C@H]3N)[C@@H]2O)[C@@H]1O. The molecule has 1 aliphatic carbocycles. The molecule has 10 atom stereocenters. The number of aliphatic hydroxyl groups excluding tert-OH is 4. The third-order valence-corrected chi connectivity index (χ3v) is 7.44. The lowest BCUT2D eigenvalue weighted by molar-refractivity contribution is -0.275. The van der Waals surface area contributed by atoms with Crippen LogP contribution in [0.3, 0.4) is 0 Å². The molecule has 17 nitrogen and oxygen atoms in total. The highest BCUT2D eigenvalue weighted by molar-refractivity contribution is 5.73. The normalized spacial score (nSPS) is 36.3. The monoisotopic (exact) mass is 605 g/mol. The molecule has 242 valence electrons. The van der Waals surface area contributed by atoms with Gasteiger partial charge in [-0.05, 0) is 38.9 Å². The van der Waals surface area contributed by atoms with Crippen molar-refractivity contribution in [3.8, 4) is 0 Å². The minimum atomic E-state index is -1.47. The Morgan fingerprint density at radius 1 is 1.19 bits per heavy atom. The Balaban J connectivity index is 1.77. The fourth-order valence-corrected chi connectivity index (χ4v) is 5.16. The van der Waals surface area contributed by atoms with Crippen LogP contribution in [0, 0.1) is 0 Å². The lowest BCUT2D eigenvalue weighted by Crippen LogP contribution is -2.67. The Morgan fingerprint density at radius 2 is 1.93 bits per heavy atom. The summed E-state index contributed by atoms with van der Waals surface area (Å²) in [5.41, 5.74) is 18.5. The van der Waals surface area contributed by atoms with Crippen LogP contribution < -0.4 is 33.2 Å². The Kier molecular flexibility index (Phi) is 13.6. The zero-order valence-electron chi connectivity index (χ0n) is 23.7. The lowest BCUT2D eigenvalue weighted by atomic mass is 9.83. The molecule has 2 aliphatic heterocycles. The van der Waals surface area contributed by atoms with E-state index in [-0.39, 0.29) is 32.7 Å². The molecule has 0 aromatic heterocycles. The average Bonchev–Trinajstić information content (AvgIpc) is 2.97. The van der Waals surface area contributed by atoms with Crippen LogP contribution in [-0.4, -0.2) is 144 Å². The molecule has 0 aromatic rings. The second kappa shape index (κ2) is 16.6. The van der Waals surface area contributed by atoms with E-state index in [0.29, 0.717) is 42.3 Å². The molecule has 0 spiro atoms. The van der Waals surface area contributed by atoms with E-state index in [9.17, 15) is 25.3 Å². The van der Waals surface area contributed by atoms with Crippen LogP contribution in [0.15, 0.2) is 23.7 Å². The van der Waals surface area contributed by atoms with Crippen molar-refractivity contribution >= 4 is 6.03 Å². The minimum Gasteiger partial charge on any atom is -0.515 e. The Hall–Kier alpha value is -2.13. The highest BCUT2D eigenvalue weighted by Crippen LogP contribution is 2.31. The van der Waals surface area contributed by atoms with Gasteiger partial charge in [-0.1, -0.05) is 0 Å². The van der Waals surface area contributed by atoms with Crippen molar-refractivity contribution in [3.63, 3.8) is 0 Å². The molecule has 1 saturated heterocycles. The van der Waals surface area contributed by atoms with E-state index in [0.717, 1.165) is 6.26 Å². The van der Waals surface area contributed by atoms with E-state index in [1.54, 1.807) is 7.05 Å². The second-order valence-electron chi connectivity index (χ2n) is 10.5. The molecule has 0 bridgehead atoms. The Labute approximate surface area is 244 Å². The zero-order chi connectivity index (χ0) is 30.8. The predicted molar refractivity (Wildman–Crippen MR) is 148 cm³/mol. The van der Waals surface area contributed by atoms with E-state index >= 15 is 0 Å². The van der Waals surface area contributed by atoms with Gasteiger partial charge in [-0.25, -0.2) is 9.86 Å². The van der Waals surface area contributed by atoms with Gasteiger partial charge in [-0.3, -0.25) is 5.21 Å². The van der Waals surface area contributed by atoms with E-state index in [1.807, 2.05) is 6.08 Å². The van der Waals surface area contributed by atoms with Crippen molar-refractivity contribution in [2.24, 2.45) is 17.2 Å². The van der Waals surface area contributed by atoms with Crippen LogP contribution in [0.25, 0.3) is 0 Å². The minimum absolute atomic E-state index is 0.00974. The molecule has 3 aliphatic rings. The van der Waals surface area contributed by atoms with Crippen molar-refractivity contribution < 1.29 is 49.4 Å². The number of nitrogens with one attached hydrogen (secondary N) is 3. The summed E-state index contributed by atoms with van der Waals surface area (Å²) in [4.78, 5) is 12.6. The predicted octanol–water partition coefficient (Wildman–Crippen LogP) is -3.75. The van der Waals surface area contributed by atoms with Crippen molar-refractivity contribution in [3.05, 3.63) is 23.7 Å². The number of carbonyl (C=O) groups is 1. The number of aliphatic hydroxyl groups is 4. The Morgan fingerprint density at radius 3 is 2.60 bits per heavy atom. The third-order valence-electron chi connectivity index (χ3n) is 7.44. The molecule has 0 aromatic carbocycles. The second-order valence-corrected chi connectivity index (χ2v) is 10.5. The van der Waals surface area contributed by atoms with E-state index in [4.69, 9.17) is 41.3 Å². The number of nitrogens with zero attached hydrogens (tertiary/aromatic N) is 1. The first-order valence-electron chi connectivity index (χ1n) is 14.1. The molecule has 2 fully saturated rings. The van der Waals surface area contributed by atoms with Crippen LogP contribution in [0.5, 0.6) is 0 Å². The Bertz CT molecular complexity index is 915. The maximum Gasteiger partial charge on any atom is 0.341 e. The van der Waals surface area contributed by atoms with Gasteiger partial charge in [0.05, 0.1) is 44.1 Å². The van der Waals surface area contributed by atoms with Gasteiger partial charge < -0.3 is 72.5 Å². The molecule has 17 heteroatoms. The summed E-state index contributed by atoms with van der Waals surface area (Å²) >= 11 is 0. The topological polar surface area (TPSA) is 273 Å². The van der Waals surface area contributed by atoms with Crippen LogP contribution in [0.2, 0.25) is 0 Å². The summed E-state index contributed by atoms with van der Waals surface area (Å²) < 4.78 is 23.8. The number of likely N-dealkylation sites (N-methyl/N-ethyl adjacent to an activating group) is 1. The number of hydrogen-bond donors (Lipinski definition) is 11. The fraction of sp³-hybridized carbons (Fsp3) is 0.800. The quantitative estimate of drug-likeness (QED) is 0.0416. The first-order chi connectivity index (χ1) is 20.1. The first-order valence-corrected chi connectivity index (χ1v) is 14.1. The number of amides is 2. The molecular weight excluding hydrogens is 558 g/mol. The van der Waals surface area contributed by atoms with Crippen molar-refractivity contribution in [2.45, 2.75) is 80.4 Å². The molecule has 2 heterocycles. The van der Waals surface area contributed by atoms with Crippen LogP contribution >= 0.6 is 0 Å². The van der Waals surface area contributed by atoms with Crippen molar-refractivity contribution in [2.75, 3.05) is 46.4 Å². The number of rotatable bonds is 13. The molecule has 3 rings (SSSR count). The summed E-state index contributed by atoms with van der Waals surface area (Å²) in [6.45, 7) is 0.832. The summed E-state index contributed by atoms with van der Waals surface area (Å²) in [6.07, 6.45) is -3.54. The molecule has 1 saturated carbocycles. The fourth-order valence-electron chi connectivity index (χ4n) is 5.16. The maximum absolute atomic E-state index is 12.6. The zero-order valence-corrected chi connectivity index (χ0v) is 23.7. The smallest absolute Gasteiger partial charge is 0.341 e. The average molecular weight is 606 g/mol. The molecule has 0 radical (unpaired) electrons. The number of carbonyl (C=O) groups excluding carboxylic acids is 1. The summed E-state index contributed by atoms with van der Waals surface area (Å²) in [6, 6.07) is -3.93. The summed E-state index contributed by atoms with van der Waals surface area (Å²) in [7, 11) is 1.59. The van der Waals surface area contributed by atoms with E-state index in [1.165, 1.54) is 0 Å². The molecular formula is C25H47N7O10. The summed E-state index contributed by atoms with van der Waals surface area (Å²) in [5.74, 6) is 0.587. The number of hydrogen-bond acceptors (Lipinski definition) is 15. The number of nitrogens with two attached hydrogens (primary N) is 3. The van der Waals surface area contributed by atoms with Gasteiger partial charge in [-0.2, -0.15) is 0 Å². The lowest BCUT2D eigenvalue weighted by Gasteiger charge is -2.47. The third kappa shape index (κ3) is 8.71. The molecule has 1 unspecified atom stereocenters. The highest BCUT2D eigenvalue weighted by atomic mass is 16.7. The molecule has 42 heavy (non-hydrogen) atoms. The summed E-state index contributed by atoms with van der Waals surface area (Å²) in [5, 5.41) is 59.9. The highest BCUT2D eigenvalue weighted by Gasteiger charge is 2.49. The van der Waals surface area contributed by atoms with Gasteiger partial charge in [-0.15, -0.1) is 0 Å². The van der Waals surface area contributed by atoms with Gasteiger partial charge >= 0.3 is 6.03 Å². The van der Waals surface area contributed by atoms with E-state index < -0.39 is 67.2 Å². The van der Waals surface area contributed by atoms with E-state index in [2.05, 4.69) is 16.0 Å². The van der Waals surface area contributed by atoms with Gasteiger partial charge in [0.2, 0.25) is 6.29 Å². The maximum atomic E-state index is 12.6.